The van der Waals surface area contributed by atoms with Gasteiger partial charge in [0, 0.05) is 23.9 Å². The zero-order chi connectivity index (χ0) is 15.0. The Morgan fingerprint density at radius 3 is 2.76 bits per heavy atom. The normalized spacial score (nSPS) is 23.7. The Labute approximate surface area is 129 Å². The summed E-state index contributed by atoms with van der Waals surface area (Å²) in [5, 5.41) is 5.19. The van der Waals surface area contributed by atoms with E-state index in [0.717, 1.165) is 12.8 Å². The van der Waals surface area contributed by atoms with Crippen molar-refractivity contribution in [1.29, 1.82) is 0 Å². The van der Waals surface area contributed by atoms with Crippen molar-refractivity contribution in [3.8, 4) is 0 Å². The van der Waals surface area contributed by atoms with Crippen LogP contribution in [0.5, 0.6) is 0 Å². The van der Waals surface area contributed by atoms with E-state index in [1.165, 1.54) is 4.88 Å². The van der Waals surface area contributed by atoms with E-state index in [2.05, 4.69) is 25.2 Å². The van der Waals surface area contributed by atoms with E-state index in [-0.39, 0.29) is 23.8 Å². The minimum atomic E-state index is -0.181. The molecule has 4 nitrogen and oxygen atoms in total. The largest absolute Gasteiger partial charge is 0.348 e. The highest BCUT2D eigenvalue weighted by molar-refractivity contribution is 7.10. The highest BCUT2D eigenvalue weighted by atomic mass is 32.1. The summed E-state index contributed by atoms with van der Waals surface area (Å²) in [6.07, 6.45) is 2.57. The number of carbonyl (C=O) groups is 2. The summed E-state index contributed by atoms with van der Waals surface area (Å²) in [6.45, 7) is 4.83. The lowest BCUT2D eigenvalue weighted by molar-refractivity contribution is -0.129. The molecule has 0 aromatic carbocycles. The van der Waals surface area contributed by atoms with Gasteiger partial charge in [0.1, 0.15) is 0 Å². The van der Waals surface area contributed by atoms with Crippen LogP contribution in [0.25, 0.3) is 0 Å². The molecule has 1 saturated heterocycles. The number of nitrogens with zero attached hydrogens (tertiary/aromatic N) is 1. The van der Waals surface area contributed by atoms with E-state index in [1.54, 1.807) is 11.3 Å². The van der Waals surface area contributed by atoms with Crippen LogP contribution in [-0.4, -0.2) is 29.3 Å². The molecule has 0 unspecified atom stereocenters. The van der Waals surface area contributed by atoms with Gasteiger partial charge in [-0.25, -0.2) is 0 Å². The van der Waals surface area contributed by atoms with E-state index in [9.17, 15) is 9.59 Å². The molecule has 1 aromatic rings. The molecule has 21 heavy (non-hydrogen) atoms. The van der Waals surface area contributed by atoms with Crippen molar-refractivity contribution < 1.29 is 9.59 Å². The molecule has 1 aliphatic heterocycles. The average molecular weight is 306 g/mol. The lowest BCUT2D eigenvalue weighted by Crippen LogP contribution is -2.37. The summed E-state index contributed by atoms with van der Waals surface area (Å²) in [5.74, 6) is 0.331. The first-order valence-electron chi connectivity index (χ1n) is 7.69. The number of nitrogens with one attached hydrogen (secondary N) is 1. The molecule has 0 spiro atoms. The number of hydrogen-bond acceptors (Lipinski definition) is 3. The summed E-state index contributed by atoms with van der Waals surface area (Å²) < 4.78 is 0. The van der Waals surface area contributed by atoms with Crippen molar-refractivity contribution in [2.24, 2.45) is 11.8 Å². The second kappa shape index (κ2) is 5.79. The van der Waals surface area contributed by atoms with Gasteiger partial charge < -0.3 is 10.2 Å². The smallest absolute Gasteiger partial charge is 0.225 e. The highest BCUT2D eigenvalue weighted by Crippen LogP contribution is 2.33. The molecule has 1 saturated carbocycles. The summed E-state index contributed by atoms with van der Waals surface area (Å²) in [6, 6.07) is 4.53. The molecule has 2 heterocycles. The second-order valence-electron chi connectivity index (χ2n) is 6.42. The molecule has 114 valence electrons. The maximum Gasteiger partial charge on any atom is 0.225 e. The van der Waals surface area contributed by atoms with Crippen LogP contribution >= 0.6 is 11.3 Å². The van der Waals surface area contributed by atoms with Crippen LogP contribution in [0, 0.1) is 11.8 Å². The standard InChI is InChI=1S/C16H22N2O2S/c1-10(2)15(13-4-3-7-21-13)17-16(20)11-8-14(19)18(9-11)12-5-6-12/h3-4,7,10-12,15H,5-6,8-9H2,1-2H3,(H,17,20)/t11-,15-/m0/s1. The second-order valence-corrected chi connectivity index (χ2v) is 7.40. The molecular formula is C16H22N2O2S. The Balaban J connectivity index is 1.64. The van der Waals surface area contributed by atoms with Gasteiger partial charge in [-0.05, 0) is 30.2 Å². The number of thiophene rings is 1. The Morgan fingerprint density at radius 1 is 1.43 bits per heavy atom. The van der Waals surface area contributed by atoms with Crippen molar-refractivity contribution in [2.45, 2.75) is 45.2 Å². The molecule has 5 heteroatoms. The van der Waals surface area contributed by atoms with Gasteiger partial charge >= 0.3 is 0 Å². The third kappa shape index (κ3) is 3.12. The predicted molar refractivity (Wildman–Crippen MR) is 82.9 cm³/mol. The van der Waals surface area contributed by atoms with Gasteiger partial charge in [-0.15, -0.1) is 11.3 Å². The minimum absolute atomic E-state index is 0.0265. The molecule has 0 bridgehead atoms. The van der Waals surface area contributed by atoms with Gasteiger partial charge in [0.15, 0.2) is 0 Å². The van der Waals surface area contributed by atoms with Crippen LogP contribution in [0.1, 0.15) is 44.0 Å². The SMILES string of the molecule is CC(C)[C@H](NC(=O)[C@H]1CC(=O)N(C2CC2)C1)c1cccs1. The fraction of sp³-hybridized carbons (Fsp3) is 0.625. The van der Waals surface area contributed by atoms with Crippen LogP contribution in [0.2, 0.25) is 0 Å². The zero-order valence-electron chi connectivity index (χ0n) is 12.5. The van der Waals surface area contributed by atoms with Crippen molar-refractivity contribution in [3.05, 3.63) is 22.4 Å². The van der Waals surface area contributed by atoms with E-state index < -0.39 is 0 Å². The fourth-order valence-electron chi connectivity index (χ4n) is 2.95. The van der Waals surface area contributed by atoms with Gasteiger partial charge in [0.05, 0.1) is 12.0 Å². The Bertz CT molecular complexity index is 522. The van der Waals surface area contributed by atoms with Crippen molar-refractivity contribution in [2.75, 3.05) is 6.54 Å². The number of likely N-dealkylation sites (tertiary alicyclic amines) is 1. The van der Waals surface area contributed by atoms with E-state index in [4.69, 9.17) is 0 Å². The molecule has 2 aliphatic rings. The molecular weight excluding hydrogens is 284 g/mol. The highest BCUT2D eigenvalue weighted by Gasteiger charge is 2.42. The summed E-state index contributed by atoms with van der Waals surface area (Å²) in [7, 11) is 0. The maximum atomic E-state index is 12.5. The molecule has 2 atom stereocenters. The third-order valence-electron chi connectivity index (χ3n) is 4.33. The number of hydrogen-bond donors (Lipinski definition) is 1. The predicted octanol–water partition coefficient (Wildman–Crippen LogP) is 2.57. The van der Waals surface area contributed by atoms with Crippen molar-refractivity contribution in [1.82, 2.24) is 10.2 Å². The molecule has 1 aliphatic carbocycles. The summed E-state index contributed by atoms with van der Waals surface area (Å²) >= 11 is 1.67. The summed E-state index contributed by atoms with van der Waals surface area (Å²) in [5.41, 5.74) is 0. The van der Waals surface area contributed by atoms with Gasteiger partial charge in [-0.2, -0.15) is 0 Å². The lowest BCUT2D eigenvalue weighted by Gasteiger charge is -2.23. The molecule has 1 aromatic heterocycles. The first-order chi connectivity index (χ1) is 10.1. The molecule has 0 radical (unpaired) electrons. The maximum absolute atomic E-state index is 12.5. The van der Waals surface area contributed by atoms with Crippen LogP contribution in [0.4, 0.5) is 0 Å². The molecule has 2 fully saturated rings. The quantitative estimate of drug-likeness (QED) is 0.909. The first kappa shape index (κ1) is 14.6. The Morgan fingerprint density at radius 2 is 2.19 bits per heavy atom. The monoisotopic (exact) mass is 306 g/mol. The van der Waals surface area contributed by atoms with Crippen molar-refractivity contribution in [3.63, 3.8) is 0 Å². The summed E-state index contributed by atoms with van der Waals surface area (Å²) in [4.78, 5) is 27.6. The molecule has 1 N–H and O–H groups in total. The van der Waals surface area contributed by atoms with Crippen LogP contribution in [0.3, 0.4) is 0 Å². The number of rotatable bonds is 5. The van der Waals surface area contributed by atoms with Gasteiger partial charge in [0.25, 0.3) is 0 Å². The number of carbonyl (C=O) groups excluding carboxylic acids is 2. The molecule has 3 rings (SSSR count). The van der Waals surface area contributed by atoms with Crippen molar-refractivity contribution >= 4 is 23.2 Å². The lowest BCUT2D eigenvalue weighted by atomic mass is 10.0. The van der Waals surface area contributed by atoms with Gasteiger partial charge in [-0.1, -0.05) is 19.9 Å². The van der Waals surface area contributed by atoms with E-state index >= 15 is 0 Å². The van der Waals surface area contributed by atoms with E-state index in [1.807, 2.05) is 16.3 Å². The van der Waals surface area contributed by atoms with Crippen LogP contribution < -0.4 is 5.32 Å². The Kier molecular flexibility index (Phi) is 4.02. The Hall–Kier alpha value is -1.36. The topological polar surface area (TPSA) is 49.4 Å². The minimum Gasteiger partial charge on any atom is -0.348 e. The van der Waals surface area contributed by atoms with Crippen LogP contribution in [-0.2, 0) is 9.59 Å². The van der Waals surface area contributed by atoms with Crippen LogP contribution in [0.15, 0.2) is 17.5 Å². The average Bonchev–Trinajstić information content (AvgIpc) is 2.99. The number of amides is 2. The molecule has 2 amide bonds. The van der Waals surface area contributed by atoms with E-state index in [0.29, 0.717) is 24.9 Å². The zero-order valence-corrected chi connectivity index (χ0v) is 13.4. The van der Waals surface area contributed by atoms with Gasteiger partial charge in [0.2, 0.25) is 11.8 Å². The van der Waals surface area contributed by atoms with Gasteiger partial charge in [-0.3, -0.25) is 9.59 Å². The fourth-order valence-corrected chi connectivity index (χ4v) is 3.90. The first-order valence-corrected chi connectivity index (χ1v) is 8.57. The third-order valence-corrected chi connectivity index (χ3v) is 5.29.